The normalized spacial score (nSPS) is 14.1. The maximum absolute atomic E-state index is 11.8. The molecule has 0 aromatic heterocycles. The number of amides is 1. The van der Waals surface area contributed by atoms with E-state index >= 15 is 0 Å². The number of carbonyl (C=O) groups excluding carboxylic acids is 1. The van der Waals surface area contributed by atoms with E-state index < -0.39 is 0 Å². The molecule has 86 valence electrons. The summed E-state index contributed by atoms with van der Waals surface area (Å²) in [4.78, 5) is 13.6. The van der Waals surface area contributed by atoms with Crippen LogP contribution in [0.15, 0.2) is 0 Å². The Morgan fingerprint density at radius 3 is 2.40 bits per heavy atom. The van der Waals surface area contributed by atoms with Gasteiger partial charge >= 0.3 is 0 Å². The molecule has 15 heavy (non-hydrogen) atoms. The Kier molecular flexibility index (Phi) is 6.77. The van der Waals surface area contributed by atoms with Crippen LogP contribution in [-0.4, -0.2) is 23.9 Å². The number of hydrogen-bond donors (Lipinski definition) is 0. The van der Waals surface area contributed by atoms with Crippen LogP contribution >= 0.6 is 0 Å². The van der Waals surface area contributed by atoms with Crippen molar-refractivity contribution in [3.05, 3.63) is 0 Å². The predicted molar refractivity (Wildman–Crippen MR) is 61.1 cm³/mol. The van der Waals surface area contributed by atoms with Crippen LogP contribution in [0.4, 0.5) is 0 Å². The molecule has 2 unspecified atom stereocenters. The molecule has 3 nitrogen and oxygen atoms in total. The number of carbonyl (C=O) groups is 1. The van der Waals surface area contributed by atoms with Crippen molar-refractivity contribution in [2.45, 2.75) is 40.5 Å². The van der Waals surface area contributed by atoms with E-state index in [4.69, 9.17) is 5.26 Å². The second-order valence-electron chi connectivity index (χ2n) is 4.18. The van der Waals surface area contributed by atoms with Gasteiger partial charge < -0.3 is 4.90 Å². The quantitative estimate of drug-likeness (QED) is 0.676. The van der Waals surface area contributed by atoms with Crippen molar-refractivity contribution in [1.29, 1.82) is 5.26 Å². The van der Waals surface area contributed by atoms with Gasteiger partial charge in [-0.1, -0.05) is 20.3 Å². The second-order valence-corrected chi connectivity index (χ2v) is 4.18. The Labute approximate surface area is 93.1 Å². The summed E-state index contributed by atoms with van der Waals surface area (Å²) in [5.41, 5.74) is 0. The molecular formula is C12H22N2O. The zero-order valence-electron chi connectivity index (χ0n) is 10.3. The minimum Gasteiger partial charge on any atom is -0.342 e. The highest BCUT2D eigenvalue weighted by Crippen LogP contribution is 2.10. The molecule has 3 heteroatoms. The number of nitriles is 1. The van der Waals surface area contributed by atoms with Crippen LogP contribution in [0.25, 0.3) is 0 Å². The molecule has 1 amide bonds. The van der Waals surface area contributed by atoms with Gasteiger partial charge in [0.15, 0.2) is 0 Å². The summed E-state index contributed by atoms with van der Waals surface area (Å²) in [5.74, 6) is 0.531. The molecule has 0 saturated carbocycles. The highest BCUT2D eigenvalue weighted by molar-refractivity contribution is 5.76. The van der Waals surface area contributed by atoms with Gasteiger partial charge in [-0.2, -0.15) is 5.26 Å². The molecule has 0 heterocycles. The summed E-state index contributed by atoms with van der Waals surface area (Å²) >= 11 is 0. The van der Waals surface area contributed by atoms with Crippen molar-refractivity contribution in [3.63, 3.8) is 0 Å². The molecule has 0 aliphatic heterocycles. The van der Waals surface area contributed by atoms with E-state index in [1.807, 2.05) is 13.8 Å². The topological polar surface area (TPSA) is 44.1 Å². The SMILES string of the molecule is CCC(C)CC(=O)N(CC)CC(C)C#N. The van der Waals surface area contributed by atoms with Gasteiger partial charge in [0.2, 0.25) is 5.91 Å². The lowest BCUT2D eigenvalue weighted by atomic mass is 10.0. The van der Waals surface area contributed by atoms with E-state index in [9.17, 15) is 4.79 Å². The molecule has 0 aromatic rings. The fraction of sp³-hybridized carbons (Fsp3) is 0.833. The van der Waals surface area contributed by atoms with Gasteiger partial charge in [0.05, 0.1) is 12.0 Å². The van der Waals surface area contributed by atoms with E-state index in [0.717, 1.165) is 6.42 Å². The van der Waals surface area contributed by atoms with Gasteiger partial charge in [-0.15, -0.1) is 0 Å². The van der Waals surface area contributed by atoms with Crippen molar-refractivity contribution < 1.29 is 4.79 Å². The Morgan fingerprint density at radius 1 is 1.40 bits per heavy atom. The lowest BCUT2D eigenvalue weighted by molar-refractivity contribution is -0.132. The third-order valence-corrected chi connectivity index (χ3v) is 2.67. The van der Waals surface area contributed by atoms with Crippen molar-refractivity contribution in [1.82, 2.24) is 4.90 Å². The van der Waals surface area contributed by atoms with Gasteiger partial charge in [-0.05, 0) is 19.8 Å². The van der Waals surface area contributed by atoms with Gasteiger partial charge in [-0.3, -0.25) is 4.79 Å². The Balaban J connectivity index is 4.17. The second kappa shape index (κ2) is 7.28. The summed E-state index contributed by atoms with van der Waals surface area (Å²) in [6.07, 6.45) is 1.62. The molecule has 2 atom stereocenters. The zero-order chi connectivity index (χ0) is 11.8. The minimum absolute atomic E-state index is 0.0779. The molecule has 0 aromatic carbocycles. The van der Waals surface area contributed by atoms with Gasteiger partial charge in [0, 0.05) is 19.5 Å². The fourth-order valence-corrected chi connectivity index (χ4v) is 1.35. The summed E-state index contributed by atoms with van der Waals surface area (Å²) in [6, 6.07) is 2.16. The molecule has 0 rings (SSSR count). The van der Waals surface area contributed by atoms with Crippen LogP contribution in [0.5, 0.6) is 0 Å². The standard InChI is InChI=1S/C12H22N2O/c1-5-10(3)7-12(15)14(6-2)9-11(4)8-13/h10-11H,5-7,9H2,1-4H3. The monoisotopic (exact) mass is 210 g/mol. The smallest absolute Gasteiger partial charge is 0.222 e. The third-order valence-electron chi connectivity index (χ3n) is 2.67. The number of nitrogens with zero attached hydrogens (tertiary/aromatic N) is 2. The molecule has 0 radical (unpaired) electrons. The van der Waals surface area contributed by atoms with Crippen molar-refractivity contribution in [2.24, 2.45) is 11.8 Å². The van der Waals surface area contributed by atoms with E-state index in [1.165, 1.54) is 0 Å². The largest absolute Gasteiger partial charge is 0.342 e. The third kappa shape index (κ3) is 5.41. The summed E-state index contributed by atoms with van der Waals surface area (Å²) in [7, 11) is 0. The van der Waals surface area contributed by atoms with Crippen LogP contribution in [0.3, 0.4) is 0 Å². The molecule has 0 aliphatic rings. The zero-order valence-corrected chi connectivity index (χ0v) is 10.3. The van der Waals surface area contributed by atoms with Crippen molar-refractivity contribution >= 4 is 5.91 Å². The van der Waals surface area contributed by atoms with E-state index in [-0.39, 0.29) is 11.8 Å². The van der Waals surface area contributed by atoms with Crippen molar-refractivity contribution in [2.75, 3.05) is 13.1 Å². The first-order chi connectivity index (χ1) is 7.04. The van der Waals surface area contributed by atoms with Crippen LogP contribution in [0.2, 0.25) is 0 Å². The first kappa shape index (κ1) is 14.0. The van der Waals surface area contributed by atoms with E-state index in [1.54, 1.807) is 4.90 Å². The summed E-state index contributed by atoms with van der Waals surface area (Å²) in [5, 5.41) is 8.70. The minimum atomic E-state index is -0.0779. The highest BCUT2D eigenvalue weighted by atomic mass is 16.2. The summed E-state index contributed by atoms with van der Waals surface area (Å²) < 4.78 is 0. The van der Waals surface area contributed by atoms with Crippen LogP contribution in [-0.2, 0) is 4.79 Å². The number of rotatable bonds is 6. The fourth-order valence-electron chi connectivity index (χ4n) is 1.35. The Bertz CT molecular complexity index is 232. The Hall–Kier alpha value is -1.04. The average molecular weight is 210 g/mol. The molecule has 0 bridgehead atoms. The maximum atomic E-state index is 11.8. The lowest BCUT2D eigenvalue weighted by Crippen LogP contribution is -2.35. The Morgan fingerprint density at radius 2 is 2.00 bits per heavy atom. The van der Waals surface area contributed by atoms with Crippen LogP contribution in [0.1, 0.15) is 40.5 Å². The highest BCUT2D eigenvalue weighted by Gasteiger charge is 2.16. The van der Waals surface area contributed by atoms with Gasteiger partial charge in [-0.25, -0.2) is 0 Å². The molecular weight excluding hydrogens is 188 g/mol. The van der Waals surface area contributed by atoms with E-state index in [0.29, 0.717) is 25.4 Å². The molecule has 0 saturated heterocycles. The van der Waals surface area contributed by atoms with Gasteiger partial charge in [0.25, 0.3) is 0 Å². The maximum Gasteiger partial charge on any atom is 0.222 e. The van der Waals surface area contributed by atoms with Crippen LogP contribution in [0, 0.1) is 23.2 Å². The first-order valence-corrected chi connectivity index (χ1v) is 5.72. The van der Waals surface area contributed by atoms with Crippen LogP contribution < -0.4 is 0 Å². The van der Waals surface area contributed by atoms with Crippen molar-refractivity contribution in [3.8, 4) is 6.07 Å². The van der Waals surface area contributed by atoms with Gasteiger partial charge in [0.1, 0.15) is 0 Å². The average Bonchev–Trinajstić information content (AvgIpc) is 2.24. The summed E-state index contributed by atoms with van der Waals surface area (Å²) in [6.45, 7) is 9.23. The lowest BCUT2D eigenvalue weighted by Gasteiger charge is -2.23. The molecule has 0 aliphatic carbocycles. The number of hydrogen-bond acceptors (Lipinski definition) is 2. The molecule has 0 fully saturated rings. The molecule has 0 N–H and O–H groups in total. The predicted octanol–water partition coefficient (Wildman–Crippen LogP) is 2.43. The first-order valence-electron chi connectivity index (χ1n) is 5.72. The van der Waals surface area contributed by atoms with E-state index in [2.05, 4.69) is 19.9 Å². The molecule has 0 spiro atoms.